The van der Waals surface area contributed by atoms with Crippen LogP contribution < -0.4 is 0 Å². The highest BCUT2D eigenvalue weighted by Gasteiger charge is 2.36. The Labute approximate surface area is 154 Å². The van der Waals surface area contributed by atoms with E-state index in [0.717, 1.165) is 5.56 Å². The van der Waals surface area contributed by atoms with E-state index in [-0.39, 0.29) is 41.8 Å². The maximum absolute atomic E-state index is 13.4. The van der Waals surface area contributed by atoms with E-state index in [0.29, 0.717) is 17.9 Å². The average Bonchev–Trinajstić information content (AvgIpc) is 3.29. The first kappa shape index (κ1) is 17.3. The van der Waals surface area contributed by atoms with Crippen molar-refractivity contribution in [1.82, 2.24) is 15.0 Å². The van der Waals surface area contributed by atoms with Crippen LogP contribution in [0.3, 0.4) is 0 Å². The quantitative estimate of drug-likeness (QED) is 0.695. The van der Waals surface area contributed by atoms with Crippen LogP contribution in [-0.2, 0) is 4.79 Å². The Bertz CT molecular complexity index is 971. The van der Waals surface area contributed by atoms with Gasteiger partial charge in [-0.1, -0.05) is 23.4 Å². The predicted octanol–water partition coefficient (Wildman–Crippen LogP) is 4.09. The third-order valence-electron chi connectivity index (χ3n) is 4.86. The van der Waals surface area contributed by atoms with Crippen LogP contribution in [0.15, 0.2) is 53.1 Å². The van der Waals surface area contributed by atoms with Crippen molar-refractivity contribution in [3.05, 3.63) is 71.6 Å². The second kappa shape index (κ2) is 6.90. The fourth-order valence-electron chi connectivity index (χ4n) is 3.34. The number of carbonyl (C=O) groups excluding carboxylic acids is 1. The third-order valence-corrected chi connectivity index (χ3v) is 4.86. The van der Waals surface area contributed by atoms with Crippen LogP contribution in [0.2, 0.25) is 0 Å². The third kappa shape index (κ3) is 3.45. The number of nitrogens with zero attached hydrogens (tertiary/aromatic N) is 3. The minimum absolute atomic E-state index is 0.0195. The van der Waals surface area contributed by atoms with Crippen molar-refractivity contribution < 1.29 is 18.1 Å². The van der Waals surface area contributed by atoms with Crippen molar-refractivity contribution >= 4 is 5.91 Å². The summed E-state index contributed by atoms with van der Waals surface area (Å²) in [5.41, 5.74) is 1.36. The molecule has 0 N–H and O–H groups in total. The molecule has 0 spiro atoms. The van der Waals surface area contributed by atoms with Gasteiger partial charge in [-0.15, -0.1) is 0 Å². The van der Waals surface area contributed by atoms with Gasteiger partial charge in [0, 0.05) is 24.4 Å². The Morgan fingerprint density at radius 3 is 2.67 bits per heavy atom. The van der Waals surface area contributed by atoms with Gasteiger partial charge < -0.3 is 9.42 Å². The summed E-state index contributed by atoms with van der Waals surface area (Å²) < 4.78 is 31.7. The molecule has 7 heteroatoms. The number of amides is 1. The molecular formula is C20H17F2N3O2. The Morgan fingerprint density at radius 2 is 1.93 bits per heavy atom. The van der Waals surface area contributed by atoms with Crippen LogP contribution in [0.4, 0.5) is 8.78 Å². The normalized spacial score (nSPS) is 18.1. The van der Waals surface area contributed by atoms with Gasteiger partial charge in [-0.05, 0) is 42.8 Å². The maximum atomic E-state index is 13.4. The maximum Gasteiger partial charge on any atom is 0.258 e. The highest BCUT2D eigenvalue weighted by atomic mass is 19.1. The van der Waals surface area contributed by atoms with E-state index in [9.17, 15) is 13.6 Å². The fourth-order valence-corrected chi connectivity index (χ4v) is 3.34. The molecule has 2 atom stereocenters. The van der Waals surface area contributed by atoms with E-state index in [2.05, 4.69) is 10.1 Å². The number of hydrogen-bond acceptors (Lipinski definition) is 4. The van der Waals surface area contributed by atoms with Crippen molar-refractivity contribution in [2.45, 2.75) is 25.3 Å². The largest absolute Gasteiger partial charge is 0.335 e. The zero-order valence-electron chi connectivity index (χ0n) is 14.6. The highest BCUT2D eigenvalue weighted by Crippen LogP contribution is 2.33. The van der Waals surface area contributed by atoms with E-state index in [1.165, 1.54) is 24.3 Å². The minimum atomic E-state index is -0.386. The van der Waals surface area contributed by atoms with Crippen molar-refractivity contribution in [3.8, 4) is 11.5 Å². The number of halogens is 2. The van der Waals surface area contributed by atoms with Gasteiger partial charge in [0.25, 0.3) is 5.89 Å². The topological polar surface area (TPSA) is 59.2 Å². The lowest BCUT2D eigenvalue weighted by molar-refractivity contribution is -0.129. The van der Waals surface area contributed by atoms with E-state index < -0.39 is 0 Å². The molecule has 3 aromatic rings. The number of rotatable bonds is 4. The molecule has 1 aromatic heterocycles. The van der Waals surface area contributed by atoms with Gasteiger partial charge in [-0.2, -0.15) is 4.98 Å². The molecule has 0 aliphatic carbocycles. The van der Waals surface area contributed by atoms with Crippen molar-refractivity contribution in [2.75, 3.05) is 6.54 Å². The molecule has 138 valence electrons. The Kier molecular flexibility index (Phi) is 4.43. The van der Waals surface area contributed by atoms with E-state index in [1.807, 2.05) is 6.92 Å². The summed E-state index contributed by atoms with van der Waals surface area (Å²) in [5.74, 6) is -0.269. The summed E-state index contributed by atoms with van der Waals surface area (Å²) in [6.45, 7) is 2.35. The number of likely N-dealkylation sites (tertiary alicyclic amines) is 1. The number of carbonyl (C=O) groups is 1. The zero-order chi connectivity index (χ0) is 19.0. The Hall–Kier alpha value is -3.09. The van der Waals surface area contributed by atoms with Crippen molar-refractivity contribution in [1.29, 1.82) is 0 Å². The lowest BCUT2D eigenvalue weighted by atomic mass is 10.1. The molecule has 1 aliphatic heterocycles. The molecule has 2 unspecified atom stereocenters. The highest BCUT2D eigenvalue weighted by molar-refractivity contribution is 5.80. The van der Waals surface area contributed by atoms with Crippen molar-refractivity contribution in [2.24, 2.45) is 0 Å². The summed E-state index contributed by atoms with van der Waals surface area (Å²) in [5, 5.41) is 3.98. The standard InChI is InChI=1S/C20H17F2N3O2/c1-12(13-5-7-16(21)8-6-13)25-11-15(10-18(25)26)19-23-20(27-24-19)14-3-2-4-17(22)9-14/h2-9,12,15H,10-11H2,1H3. The SMILES string of the molecule is CC(c1ccc(F)cc1)N1CC(c2noc(-c3cccc(F)c3)n2)CC1=O. The van der Waals surface area contributed by atoms with Crippen molar-refractivity contribution in [3.63, 3.8) is 0 Å². The second-order valence-electron chi connectivity index (χ2n) is 6.64. The zero-order valence-corrected chi connectivity index (χ0v) is 14.6. The molecule has 5 nitrogen and oxygen atoms in total. The van der Waals surface area contributed by atoms with Gasteiger partial charge in [-0.25, -0.2) is 8.78 Å². The first-order valence-electron chi connectivity index (χ1n) is 8.66. The molecule has 1 aliphatic rings. The second-order valence-corrected chi connectivity index (χ2v) is 6.64. The van der Waals surface area contributed by atoms with Gasteiger partial charge in [0.2, 0.25) is 5.91 Å². The van der Waals surface area contributed by atoms with Gasteiger partial charge in [0.05, 0.1) is 6.04 Å². The molecule has 1 saturated heterocycles. The minimum Gasteiger partial charge on any atom is -0.335 e. The number of aromatic nitrogens is 2. The molecule has 0 bridgehead atoms. The Morgan fingerprint density at radius 1 is 1.15 bits per heavy atom. The monoisotopic (exact) mass is 369 g/mol. The van der Waals surface area contributed by atoms with Crippen LogP contribution >= 0.6 is 0 Å². The van der Waals surface area contributed by atoms with E-state index >= 15 is 0 Å². The molecule has 27 heavy (non-hydrogen) atoms. The smallest absolute Gasteiger partial charge is 0.258 e. The van der Waals surface area contributed by atoms with Crippen LogP contribution in [0, 0.1) is 11.6 Å². The van der Waals surface area contributed by atoms with Gasteiger partial charge >= 0.3 is 0 Å². The van der Waals surface area contributed by atoms with Gasteiger partial charge in [0.1, 0.15) is 11.6 Å². The molecule has 1 amide bonds. The van der Waals surface area contributed by atoms with Crippen LogP contribution in [0.5, 0.6) is 0 Å². The number of benzene rings is 2. The first-order valence-corrected chi connectivity index (χ1v) is 8.66. The van der Waals surface area contributed by atoms with Gasteiger partial charge in [-0.3, -0.25) is 4.79 Å². The lowest BCUT2D eigenvalue weighted by Gasteiger charge is -2.25. The molecular weight excluding hydrogens is 352 g/mol. The van der Waals surface area contributed by atoms with Crippen LogP contribution in [0.1, 0.15) is 36.7 Å². The molecule has 0 radical (unpaired) electrons. The number of hydrogen-bond donors (Lipinski definition) is 0. The molecule has 1 fully saturated rings. The molecule has 0 saturated carbocycles. The summed E-state index contributed by atoms with van der Waals surface area (Å²) >= 11 is 0. The van der Waals surface area contributed by atoms with E-state index in [4.69, 9.17) is 4.52 Å². The molecule has 4 rings (SSSR count). The van der Waals surface area contributed by atoms with Crippen LogP contribution in [0.25, 0.3) is 11.5 Å². The fraction of sp³-hybridized carbons (Fsp3) is 0.250. The summed E-state index contributed by atoms with van der Waals surface area (Å²) in [4.78, 5) is 18.6. The summed E-state index contributed by atoms with van der Waals surface area (Å²) in [7, 11) is 0. The lowest BCUT2D eigenvalue weighted by Crippen LogP contribution is -2.28. The van der Waals surface area contributed by atoms with E-state index in [1.54, 1.807) is 29.2 Å². The molecule has 2 aromatic carbocycles. The first-order chi connectivity index (χ1) is 13.0. The predicted molar refractivity (Wildman–Crippen MR) is 93.6 cm³/mol. The van der Waals surface area contributed by atoms with Gasteiger partial charge in [0.15, 0.2) is 5.82 Å². The Balaban J connectivity index is 1.52. The summed E-state index contributed by atoms with van der Waals surface area (Å²) in [6.07, 6.45) is 0.271. The average molecular weight is 369 g/mol. The van der Waals surface area contributed by atoms with Crippen LogP contribution in [-0.4, -0.2) is 27.5 Å². The summed E-state index contributed by atoms with van der Waals surface area (Å²) in [6, 6.07) is 11.8. The molecule has 2 heterocycles.